The highest BCUT2D eigenvalue weighted by atomic mass is 32.2. The lowest BCUT2D eigenvalue weighted by Gasteiger charge is -2.36. The first-order valence-corrected chi connectivity index (χ1v) is 20.1. The van der Waals surface area contributed by atoms with Gasteiger partial charge in [0.1, 0.15) is 12.1 Å². The van der Waals surface area contributed by atoms with E-state index in [1.807, 2.05) is 41.5 Å². The Morgan fingerprint density at radius 1 is 0.960 bits per heavy atom. The number of urea groups is 1. The van der Waals surface area contributed by atoms with Gasteiger partial charge in [-0.25, -0.2) is 17.5 Å². The monoisotopic (exact) mass is 720 g/mol. The van der Waals surface area contributed by atoms with Crippen LogP contribution in [0.3, 0.4) is 0 Å². The Kier molecular flexibility index (Phi) is 12.5. The smallest absolute Gasteiger partial charge is 0.315 e. The van der Waals surface area contributed by atoms with E-state index >= 15 is 0 Å². The number of rotatable bonds is 13. The highest BCUT2D eigenvalue weighted by Crippen LogP contribution is 2.47. The van der Waals surface area contributed by atoms with E-state index in [0.717, 1.165) is 68.8 Å². The summed E-state index contributed by atoms with van der Waals surface area (Å²) in [7, 11) is -2.04. The van der Waals surface area contributed by atoms with Gasteiger partial charge in [-0.1, -0.05) is 71.8 Å². The van der Waals surface area contributed by atoms with Crippen LogP contribution in [0.15, 0.2) is 11.1 Å². The van der Waals surface area contributed by atoms with Crippen molar-refractivity contribution in [2.24, 2.45) is 40.7 Å². The molecule has 1 aliphatic heterocycles. The molecule has 14 heteroatoms. The number of ketones is 1. The van der Waals surface area contributed by atoms with Crippen molar-refractivity contribution in [1.29, 1.82) is 0 Å². The van der Waals surface area contributed by atoms with Crippen molar-refractivity contribution < 1.29 is 32.4 Å². The number of hydrogen-bond donors (Lipinski definition) is 4. The molecule has 1 heterocycles. The van der Waals surface area contributed by atoms with Gasteiger partial charge in [0.2, 0.25) is 27.6 Å². The number of amides is 5. The summed E-state index contributed by atoms with van der Waals surface area (Å²) in [6.07, 6.45) is 9.27. The van der Waals surface area contributed by atoms with Gasteiger partial charge in [-0.15, -0.1) is 0 Å². The summed E-state index contributed by atoms with van der Waals surface area (Å²) >= 11 is 0. The summed E-state index contributed by atoms with van der Waals surface area (Å²) in [6.45, 7) is 11.7. The quantitative estimate of drug-likeness (QED) is 0.166. The van der Waals surface area contributed by atoms with Crippen LogP contribution in [0, 0.1) is 35.0 Å². The summed E-state index contributed by atoms with van der Waals surface area (Å²) in [6, 6.07) is -4.10. The molecule has 0 aromatic carbocycles. The summed E-state index contributed by atoms with van der Waals surface area (Å²) in [5.41, 5.74) is 6.75. The lowest BCUT2D eigenvalue weighted by atomic mass is 9.82. The fourth-order valence-electron chi connectivity index (χ4n) is 8.31. The maximum Gasteiger partial charge on any atom is 0.315 e. The van der Waals surface area contributed by atoms with Gasteiger partial charge in [0.25, 0.3) is 5.91 Å². The summed E-state index contributed by atoms with van der Waals surface area (Å²) in [5, 5.41) is 8.77. The SMILES string of the molecule is CC(C)=C1CN(C(=O)[C@@H](NC(=O)N[C@H](CN(C)S(C)(=O)=O)C(C)(C)C)C2CC3CCCC[C@@H]3C2)[C@H](C(=O)NC(CC2CC2)C(=O)C(N)=O)[C@H]1C. The molecule has 4 fully saturated rings. The highest BCUT2D eigenvalue weighted by molar-refractivity contribution is 7.88. The molecule has 8 atom stereocenters. The number of nitrogens with zero attached hydrogens (tertiary/aromatic N) is 2. The first-order valence-electron chi connectivity index (χ1n) is 18.3. The average Bonchev–Trinajstić information content (AvgIpc) is 3.61. The van der Waals surface area contributed by atoms with Crippen LogP contribution >= 0.6 is 0 Å². The third-order valence-corrected chi connectivity index (χ3v) is 13.0. The van der Waals surface area contributed by atoms with E-state index in [1.165, 1.54) is 16.3 Å². The molecule has 50 heavy (non-hydrogen) atoms. The summed E-state index contributed by atoms with van der Waals surface area (Å²) in [5.74, 6) is -2.22. The number of carbonyl (C=O) groups excluding carboxylic acids is 5. The lowest BCUT2D eigenvalue weighted by molar-refractivity contribution is -0.143. The zero-order valence-electron chi connectivity index (χ0n) is 31.2. The van der Waals surface area contributed by atoms with Gasteiger partial charge in [0, 0.05) is 32.1 Å². The molecule has 5 N–H and O–H groups in total. The molecule has 3 unspecified atom stereocenters. The number of likely N-dealkylation sites (N-methyl/N-ethyl adjacent to an activating group) is 1. The van der Waals surface area contributed by atoms with Crippen LogP contribution in [0.5, 0.6) is 0 Å². The van der Waals surface area contributed by atoms with E-state index < -0.39 is 63.2 Å². The predicted octanol–water partition coefficient (Wildman–Crippen LogP) is 2.70. The van der Waals surface area contributed by atoms with Crippen LogP contribution in [0.25, 0.3) is 0 Å². The first kappa shape index (κ1) is 39.8. The van der Waals surface area contributed by atoms with E-state index in [9.17, 15) is 32.4 Å². The van der Waals surface area contributed by atoms with Gasteiger partial charge in [0.05, 0.1) is 12.3 Å². The molecule has 0 aromatic heterocycles. The topological polar surface area (TPSA) is 188 Å². The Labute approximate surface area is 298 Å². The standard InChI is InChI=1S/C36H60N6O7S/c1-20(2)26-18-42(30(21(26)3)33(45)38-27(15-22-13-14-22)31(43)32(37)44)34(46)29(25-16-23-11-9-10-12-24(23)17-25)40-35(47)39-28(36(4,5)6)19-41(7)50(8,48)49/h21-25,27-30H,9-19H2,1-8H3,(H2,37,44)(H,38,45)(H2,39,40,47)/t21-,23+,24?,25?,27?,28+,29-,30-/m0/s1. The molecule has 3 aliphatic carbocycles. The number of likely N-dealkylation sites (tertiary alicyclic amines) is 1. The molecular weight excluding hydrogens is 660 g/mol. The molecule has 4 rings (SSSR count). The number of primary amides is 1. The number of nitrogens with one attached hydrogen (secondary N) is 3. The highest BCUT2D eigenvalue weighted by Gasteiger charge is 2.49. The number of Topliss-reactive ketones (excluding diaryl/α,β-unsaturated/α-hetero) is 1. The third-order valence-electron chi connectivity index (χ3n) is 11.7. The van der Waals surface area contributed by atoms with E-state index in [-0.39, 0.29) is 36.8 Å². The normalized spacial score (nSPS) is 27.3. The van der Waals surface area contributed by atoms with Gasteiger partial charge >= 0.3 is 6.03 Å². The van der Waals surface area contributed by atoms with Crippen LogP contribution in [0.2, 0.25) is 0 Å². The minimum absolute atomic E-state index is 0.0454. The predicted molar refractivity (Wildman–Crippen MR) is 191 cm³/mol. The van der Waals surface area contributed by atoms with E-state index in [2.05, 4.69) is 16.0 Å². The largest absolute Gasteiger partial charge is 0.363 e. The number of fused-ring (bicyclic) bond motifs is 1. The van der Waals surface area contributed by atoms with Gasteiger partial charge < -0.3 is 26.6 Å². The Bertz CT molecular complexity index is 1450. The second-order valence-electron chi connectivity index (χ2n) is 16.8. The number of allylic oxidation sites excluding steroid dienone is 1. The van der Waals surface area contributed by atoms with Gasteiger partial charge in [-0.3, -0.25) is 19.2 Å². The number of sulfonamides is 1. The zero-order chi connectivity index (χ0) is 37.3. The number of nitrogens with two attached hydrogens (primary N) is 1. The van der Waals surface area contributed by atoms with Crippen LogP contribution in [-0.4, -0.2) is 97.7 Å². The molecule has 0 bridgehead atoms. The third kappa shape index (κ3) is 9.65. The molecule has 1 saturated heterocycles. The van der Waals surface area contributed by atoms with E-state index in [4.69, 9.17) is 5.73 Å². The van der Waals surface area contributed by atoms with Gasteiger partial charge in [-0.2, -0.15) is 0 Å². The van der Waals surface area contributed by atoms with E-state index in [0.29, 0.717) is 18.3 Å². The van der Waals surface area contributed by atoms with Gasteiger partial charge in [0.15, 0.2) is 0 Å². The van der Waals surface area contributed by atoms with Crippen molar-refractivity contribution in [2.45, 2.75) is 123 Å². The van der Waals surface area contributed by atoms with Crippen molar-refractivity contribution in [3.8, 4) is 0 Å². The molecule has 13 nitrogen and oxygen atoms in total. The fraction of sp³-hybridized carbons (Fsp3) is 0.806. The number of hydrogen-bond acceptors (Lipinski definition) is 7. The van der Waals surface area contributed by atoms with Crippen molar-refractivity contribution in [1.82, 2.24) is 25.2 Å². The molecule has 4 aliphatic rings. The van der Waals surface area contributed by atoms with Crippen molar-refractivity contribution >= 4 is 39.6 Å². The second kappa shape index (κ2) is 15.7. The summed E-state index contributed by atoms with van der Waals surface area (Å²) < 4.78 is 25.7. The maximum absolute atomic E-state index is 14.9. The molecular formula is C36H60N6O7S. The Morgan fingerprint density at radius 2 is 1.54 bits per heavy atom. The zero-order valence-corrected chi connectivity index (χ0v) is 32.0. The van der Waals surface area contributed by atoms with Gasteiger partial charge in [-0.05, 0) is 67.8 Å². The van der Waals surface area contributed by atoms with Crippen molar-refractivity contribution in [3.63, 3.8) is 0 Å². The molecule has 3 saturated carbocycles. The van der Waals surface area contributed by atoms with Crippen molar-refractivity contribution in [2.75, 3.05) is 26.4 Å². The average molecular weight is 721 g/mol. The molecule has 0 radical (unpaired) electrons. The van der Waals surface area contributed by atoms with Crippen LogP contribution < -0.4 is 21.7 Å². The van der Waals surface area contributed by atoms with Crippen molar-refractivity contribution in [3.05, 3.63) is 11.1 Å². The maximum atomic E-state index is 14.9. The molecule has 0 aromatic rings. The Balaban J connectivity index is 1.64. The minimum Gasteiger partial charge on any atom is -0.363 e. The second-order valence-corrected chi connectivity index (χ2v) is 18.9. The molecule has 282 valence electrons. The van der Waals surface area contributed by atoms with Crippen LogP contribution in [0.1, 0.15) is 99.3 Å². The van der Waals surface area contributed by atoms with E-state index in [1.54, 1.807) is 0 Å². The molecule has 5 amide bonds. The van der Waals surface area contributed by atoms with Crippen LogP contribution in [0.4, 0.5) is 4.79 Å². The Morgan fingerprint density at radius 3 is 2.02 bits per heavy atom. The fourth-order valence-corrected chi connectivity index (χ4v) is 8.73. The summed E-state index contributed by atoms with van der Waals surface area (Å²) in [4.78, 5) is 69.0. The van der Waals surface area contributed by atoms with Crippen LogP contribution in [-0.2, 0) is 29.2 Å². The first-order chi connectivity index (χ1) is 23.2. The lowest BCUT2D eigenvalue weighted by Crippen LogP contribution is -2.61. The molecule has 0 spiro atoms. The number of carbonyl (C=O) groups is 5. The minimum atomic E-state index is -3.51. The Hall–Kier alpha value is -3.00.